The van der Waals surface area contributed by atoms with E-state index >= 15 is 0 Å². The number of methoxy groups -OCH3 is 1. The Labute approximate surface area is 230 Å². The number of hydrogen-bond donors (Lipinski definition) is 0. The van der Waals surface area contributed by atoms with Gasteiger partial charge in [-0.3, -0.25) is 0 Å². The first-order chi connectivity index (χ1) is 16.5. The molecule has 0 fully saturated rings. The molecule has 2 aromatic carbocycles. The zero-order valence-electron chi connectivity index (χ0n) is 20.7. The molecular weight excluding hydrogens is 528 g/mol. The van der Waals surface area contributed by atoms with Crippen molar-refractivity contribution in [2.45, 2.75) is 27.7 Å². The van der Waals surface area contributed by atoms with E-state index in [9.17, 15) is 0 Å². The maximum Gasteiger partial charge on any atom is 2.00 e. The van der Waals surface area contributed by atoms with E-state index in [2.05, 4.69) is 20.4 Å². The van der Waals surface area contributed by atoms with Crippen LogP contribution in [0.25, 0.3) is 0 Å². The van der Waals surface area contributed by atoms with Crippen molar-refractivity contribution < 1.29 is 21.8 Å². The largest absolute Gasteiger partial charge is 2.00 e. The summed E-state index contributed by atoms with van der Waals surface area (Å²) in [7, 11) is 1.63. The molecule has 0 aromatic heterocycles. The van der Waals surface area contributed by atoms with Crippen LogP contribution < -0.4 is 4.74 Å². The first-order valence-corrected chi connectivity index (χ1v) is 12.2. The summed E-state index contributed by atoms with van der Waals surface area (Å²) in [5, 5.41) is 18.7. The maximum atomic E-state index is 5.50. The minimum atomic E-state index is 0. The van der Waals surface area contributed by atoms with Crippen LogP contribution in [0.1, 0.15) is 38.8 Å². The van der Waals surface area contributed by atoms with Gasteiger partial charge in [-0.2, -0.15) is 10.2 Å². The average molecular weight is 560 g/mol. The Morgan fingerprint density at radius 2 is 1.06 bits per heavy atom. The third-order valence-electron chi connectivity index (χ3n) is 5.17. The minimum Gasteiger partial charge on any atom is -0.741 e. The molecule has 0 saturated carbocycles. The maximum absolute atomic E-state index is 5.50. The third-order valence-corrected chi connectivity index (χ3v) is 5.85. The predicted octanol–water partition coefficient (Wildman–Crippen LogP) is 4.29. The van der Waals surface area contributed by atoms with E-state index < -0.39 is 0 Å². The van der Waals surface area contributed by atoms with Gasteiger partial charge in [0.25, 0.3) is 0 Å². The topological polar surface area (TPSA) is 65.2 Å². The van der Waals surface area contributed by atoms with Gasteiger partial charge in [0.05, 0.1) is 7.11 Å². The van der Waals surface area contributed by atoms with Crippen LogP contribution in [0.5, 0.6) is 5.75 Å². The van der Waals surface area contributed by atoms with Gasteiger partial charge in [-0.25, -0.2) is 0 Å². The van der Waals surface area contributed by atoms with Crippen LogP contribution in [0.15, 0.2) is 75.0 Å². The van der Waals surface area contributed by atoms with Gasteiger partial charge >= 0.3 is 17.1 Å². The summed E-state index contributed by atoms with van der Waals surface area (Å²) in [5.74, 6) is 0.740. The summed E-state index contributed by atoms with van der Waals surface area (Å²) in [6.07, 6.45) is 0. The zero-order valence-corrected chi connectivity index (χ0v) is 23.3. The van der Waals surface area contributed by atoms with Gasteiger partial charge < -0.3 is 39.8 Å². The number of ether oxygens (including phenoxy) is 1. The van der Waals surface area contributed by atoms with Crippen molar-refractivity contribution in [1.82, 2.24) is 9.80 Å². The molecule has 0 unspecified atom stereocenters. The van der Waals surface area contributed by atoms with Gasteiger partial charge in [-0.15, -0.1) is 10.2 Å². The van der Waals surface area contributed by atoms with Crippen molar-refractivity contribution in [3.05, 3.63) is 65.7 Å². The zero-order chi connectivity index (χ0) is 24.9. The Morgan fingerprint density at radius 3 is 1.43 bits per heavy atom. The monoisotopic (exact) mass is 559 g/mol. The van der Waals surface area contributed by atoms with Crippen molar-refractivity contribution in [3.8, 4) is 5.75 Å². The van der Waals surface area contributed by atoms with Crippen molar-refractivity contribution in [2.75, 3.05) is 33.3 Å². The van der Waals surface area contributed by atoms with Gasteiger partial charge in [-0.1, -0.05) is 30.3 Å². The quantitative estimate of drug-likeness (QED) is 0.143. The number of nitrogens with zero attached hydrogens (tertiary/aromatic N) is 6. The predicted molar refractivity (Wildman–Crippen MR) is 148 cm³/mol. The van der Waals surface area contributed by atoms with Crippen molar-refractivity contribution in [3.63, 3.8) is 0 Å². The van der Waals surface area contributed by atoms with Gasteiger partial charge in [0.15, 0.2) is 0 Å². The van der Waals surface area contributed by atoms with Gasteiger partial charge in [-0.05, 0) is 52.0 Å². The van der Waals surface area contributed by atoms with Gasteiger partial charge in [0.1, 0.15) is 17.2 Å². The van der Waals surface area contributed by atoms with E-state index in [1.807, 2.05) is 92.1 Å². The first-order valence-electron chi connectivity index (χ1n) is 11.3. The number of benzene rings is 2. The molecule has 1 radical (unpaired) electrons. The normalized spacial score (nSPS) is 12.7. The fourth-order valence-electron chi connectivity index (χ4n) is 3.13. The summed E-state index contributed by atoms with van der Waals surface area (Å²) in [5.41, 5.74) is 2.73. The Kier molecular flexibility index (Phi) is 14.1. The molecule has 10 heteroatoms. The fourth-order valence-corrected chi connectivity index (χ4v) is 3.73. The molecule has 0 amide bonds. The van der Waals surface area contributed by atoms with Gasteiger partial charge in [0.2, 0.25) is 0 Å². The second-order valence-corrected chi connectivity index (χ2v) is 7.83. The Morgan fingerprint density at radius 1 is 0.657 bits per heavy atom. The summed E-state index contributed by atoms with van der Waals surface area (Å²) in [6, 6.07) is 17.3. The van der Waals surface area contributed by atoms with E-state index in [1.165, 1.54) is 0 Å². The van der Waals surface area contributed by atoms with E-state index in [0.717, 1.165) is 43.1 Å². The SMILES string of the molecule is CCN(CC)/C([S-])=N/N=C(/C(=N/N=C(\[S-])N(CC)CC)c1ccc(OC)cc1)c1ccccc1.[Cu+2]. The van der Waals surface area contributed by atoms with E-state index in [-0.39, 0.29) is 17.1 Å². The molecule has 0 N–H and O–H groups in total. The van der Waals surface area contributed by atoms with Crippen molar-refractivity contribution >= 4 is 47.0 Å². The summed E-state index contributed by atoms with van der Waals surface area (Å²) >= 11 is 11.0. The van der Waals surface area contributed by atoms with Crippen LogP contribution in [0.3, 0.4) is 0 Å². The fraction of sp³-hybridized carbons (Fsp3) is 0.360. The average Bonchev–Trinajstić information content (AvgIpc) is 2.88. The molecule has 0 aliphatic rings. The second kappa shape index (κ2) is 16.2. The molecule has 0 bridgehead atoms. The molecule has 0 aliphatic heterocycles. The molecule has 2 rings (SSSR count). The number of amidine groups is 2. The number of rotatable bonds is 10. The third kappa shape index (κ3) is 8.89. The Bertz CT molecular complexity index is 1020. The van der Waals surface area contributed by atoms with Crippen LogP contribution in [0.2, 0.25) is 0 Å². The molecule has 0 heterocycles. The second-order valence-electron chi connectivity index (χ2n) is 7.10. The van der Waals surface area contributed by atoms with E-state index in [4.69, 9.17) is 30.0 Å². The molecule has 0 atom stereocenters. The summed E-state index contributed by atoms with van der Waals surface area (Å²) in [4.78, 5) is 3.93. The summed E-state index contributed by atoms with van der Waals surface area (Å²) in [6.45, 7) is 11.1. The molecule has 191 valence electrons. The van der Waals surface area contributed by atoms with Crippen LogP contribution in [0.4, 0.5) is 0 Å². The molecule has 7 nitrogen and oxygen atoms in total. The van der Waals surface area contributed by atoms with E-state index in [0.29, 0.717) is 21.8 Å². The molecule has 0 saturated heterocycles. The first kappa shape index (κ1) is 30.5. The standard InChI is InChI=1S/C25H34N6OS2.Cu/c1-6-30(7-2)24(33)28-26-22(19-13-11-10-12-14-19)23(20-15-17-21(32-5)18-16-20)27-29-25(34)31(8-3)9-4;/h10-18H,6-9H2,1-5H3,(H,28,33)(H,29,34);/q;+2/p-2/b26-22+,27-23+;. The van der Waals surface area contributed by atoms with Crippen LogP contribution in [-0.2, 0) is 42.3 Å². The van der Waals surface area contributed by atoms with E-state index in [1.54, 1.807) is 7.11 Å². The minimum absolute atomic E-state index is 0. The van der Waals surface area contributed by atoms with Crippen LogP contribution >= 0.6 is 0 Å². The Hall–Kier alpha value is -2.52. The smallest absolute Gasteiger partial charge is 0.741 e. The summed E-state index contributed by atoms with van der Waals surface area (Å²) < 4.78 is 5.32. The molecule has 35 heavy (non-hydrogen) atoms. The molecule has 2 aromatic rings. The molecule has 0 aliphatic carbocycles. The number of hydrogen-bond acceptors (Lipinski definition) is 7. The van der Waals surface area contributed by atoms with Crippen LogP contribution in [0, 0.1) is 0 Å². The molecule has 0 spiro atoms. The van der Waals surface area contributed by atoms with Crippen LogP contribution in [-0.4, -0.2) is 64.8 Å². The molecular formula is C25H32CuN6OS2. The Balaban J connectivity index is 0.00000612. The van der Waals surface area contributed by atoms with Crippen molar-refractivity contribution in [2.24, 2.45) is 20.4 Å². The van der Waals surface area contributed by atoms with Crippen molar-refractivity contribution in [1.29, 1.82) is 0 Å². The van der Waals surface area contributed by atoms with Gasteiger partial charge in [0, 0.05) is 47.6 Å².